The van der Waals surface area contributed by atoms with E-state index in [4.69, 9.17) is 0 Å². The number of amides is 1. The molecule has 1 amide bonds. The van der Waals surface area contributed by atoms with E-state index in [0.29, 0.717) is 4.88 Å². The number of nitrogens with zero attached hydrogens (tertiary/aromatic N) is 1. The quantitative estimate of drug-likeness (QED) is 0.581. The van der Waals surface area contributed by atoms with Crippen molar-refractivity contribution in [3.8, 4) is 6.07 Å². The Labute approximate surface area is 140 Å². The van der Waals surface area contributed by atoms with E-state index in [1.54, 1.807) is 11.3 Å². The third kappa shape index (κ3) is 2.52. The van der Waals surface area contributed by atoms with Gasteiger partial charge in [0.25, 0.3) is 0 Å². The van der Waals surface area contributed by atoms with Crippen molar-refractivity contribution in [3.05, 3.63) is 35.2 Å². The summed E-state index contributed by atoms with van der Waals surface area (Å²) in [4.78, 5) is 25.1. The van der Waals surface area contributed by atoms with Crippen molar-refractivity contribution in [2.24, 2.45) is 5.92 Å². The zero-order valence-corrected chi connectivity index (χ0v) is 13.7. The number of carbonyl (C=O) groups excluding carboxylic acids is 2. The zero-order valence-electron chi connectivity index (χ0n) is 12.0. The lowest BCUT2D eigenvalue weighted by Gasteiger charge is -2.07. The first-order valence-corrected chi connectivity index (χ1v) is 8.96. The van der Waals surface area contributed by atoms with Crippen LogP contribution in [-0.2, 0) is 4.79 Å². The topological polar surface area (TPSA) is 70.0 Å². The maximum atomic E-state index is 12.6. The monoisotopic (exact) mass is 340 g/mol. The second-order valence-corrected chi connectivity index (χ2v) is 7.75. The highest BCUT2D eigenvalue weighted by Crippen LogP contribution is 2.39. The van der Waals surface area contributed by atoms with E-state index < -0.39 is 17.6 Å². The molecule has 1 atom stereocenters. The van der Waals surface area contributed by atoms with Crippen LogP contribution in [0.25, 0.3) is 19.5 Å². The molecule has 2 aromatic heterocycles. The maximum Gasteiger partial charge on any atom is 0.245 e. The lowest BCUT2D eigenvalue weighted by molar-refractivity contribution is -0.122. The van der Waals surface area contributed by atoms with Crippen LogP contribution in [0, 0.1) is 17.2 Å². The molecule has 4 nitrogen and oxygen atoms in total. The summed E-state index contributed by atoms with van der Waals surface area (Å²) in [6.07, 6.45) is 1.86. The summed E-state index contributed by atoms with van der Waals surface area (Å²) in [5.74, 6) is -2.13. The minimum absolute atomic E-state index is 0.141. The third-order valence-corrected chi connectivity index (χ3v) is 6.30. The van der Waals surface area contributed by atoms with Crippen LogP contribution >= 0.6 is 22.7 Å². The van der Waals surface area contributed by atoms with Gasteiger partial charge in [0.15, 0.2) is 11.7 Å². The number of ketones is 1. The predicted molar refractivity (Wildman–Crippen MR) is 91.8 cm³/mol. The molecule has 114 valence electrons. The van der Waals surface area contributed by atoms with Gasteiger partial charge in [0.1, 0.15) is 0 Å². The molecule has 3 aromatic rings. The van der Waals surface area contributed by atoms with Gasteiger partial charge in [-0.05, 0) is 25.0 Å². The van der Waals surface area contributed by atoms with Gasteiger partial charge in [-0.2, -0.15) is 5.26 Å². The van der Waals surface area contributed by atoms with Crippen molar-refractivity contribution in [3.63, 3.8) is 0 Å². The van der Waals surface area contributed by atoms with Crippen LogP contribution in [0.5, 0.6) is 0 Å². The summed E-state index contributed by atoms with van der Waals surface area (Å²) in [5, 5.41) is 13.1. The number of fused-ring (bicyclic) bond motifs is 3. The van der Waals surface area contributed by atoms with E-state index in [1.807, 2.05) is 30.3 Å². The molecule has 1 aliphatic carbocycles. The molecule has 1 N–H and O–H groups in total. The number of hydrogen-bond donors (Lipinski definition) is 1. The third-order valence-electron chi connectivity index (χ3n) is 3.87. The first kappa shape index (κ1) is 14.4. The average Bonchev–Trinajstić information content (AvgIpc) is 3.14. The summed E-state index contributed by atoms with van der Waals surface area (Å²) in [5.41, 5.74) is 0. The molecule has 0 spiro atoms. The fraction of sp³-hybridized carbons (Fsp3) is 0.235. The minimum Gasteiger partial charge on any atom is -0.352 e. The average molecular weight is 340 g/mol. The summed E-state index contributed by atoms with van der Waals surface area (Å²) in [7, 11) is 0. The number of thiophene rings is 2. The Kier molecular flexibility index (Phi) is 3.40. The standard InChI is InChI=1S/C17H12N2O2S2/c18-8-11(17(21)19-9-5-6-9)15(20)13-7-14-16(23-13)10-3-1-2-4-12(10)22-14/h1-4,7,9,11H,5-6H2,(H,19,21). The summed E-state index contributed by atoms with van der Waals surface area (Å²) in [6.45, 7) is 0. The first-order valence-electron chi connectivity index (χ1n) is 7.32. The molecule has 1 aliphatic rings. The highest BCUT2D eigenvalue weighted by molar-refractivity contribution is 7.33. The molecule has 0 aliphatic heterocycles. The molecule has 6 heteroatoms. The fourth-order valence-corrected chi connectivity index (χ4v) is 5.01. The molecular weight excluding hydrogens is 328 g/mol. The highest BCUT2D eigenvalue weighted by Gasteiger charge is 2.33. The van der Waals surface area contributed by atoms with Crippen molar-refractivity contribution >= 4 is 53.8 Å². The van der Waals surface area contributed by atoms with Crippen molar-refractivity contribution in [2.45, 2.75) is 18.9 Å². The molecule has 0 radical (unpaired) electrons. The number of benzene rings is 1. The fourth-order valence-electron chi connectivity index (χ4n) is 2.51. The highest BCUT2D eigenvalue weighted by atomic mass is 32.1. The van der Waals surface area contributed by atoms with Crippen molar-refractivity contribution in [1.82, 2.24) is 5.32 Å². The van der Waals surface area contributed by atoms with Crippen LogP contribution in [0.4, 0.5) is 0 Å². The van der Waals surface area contributed by atoms with Gasteiger partial charge in [-0.1, -0.05) is 18.2 Å². The second-order valence-electron chi connectivity index (χ2n) is 5.61. The maximum absolute atomic E-state index is 12.6. The van der Waals surface area contributed by atoms with Gasteiger partial charge in [0.05, 0.1) is 15.6 Å². The van der Waals surface area contributed by atoms with E-state index in [-0.39, 0.29) is 6.04 Å². The number of rotatable bonds is 4. The molecule has 1 saturated carbocycles. The molecule has 1 fully saturated rings. The van der Waals surface area contributed by atoms with Crippen LogP contribution in [0.2, 0.25) is 0 Å². The van der Waals surface area contributed by atoms with E-state index >= 15 is 0 Å². The van der Waals surface area contributed by atoms with E-state index in [9.17, 15) is 14.9 Å². The number of nitrogens with one attached hydrogen (secondary N) is 1. The Morgan fingerprint density at radius 2 is 2.00 bits per heavy atom. The SMILES string of the molecule is N#CC(C(=O)NC1CC1)C(=O)c1cc2sc3ccccc3c2s1. The van der Waals surface area contributed by atoms with Crippen LogP contribution in [0.3, 0.4) is 0 Å². The Morgan fingerprint density at radius 3 is 2.74 bits per heavy atom. The van der Waals surface area contributed by atoms with Crippen LogP contribution in [-0.4, -0.2) is 17.7 Å². The number of carbonyl (C=O) groups is 2. The smallest absolute Gasteiger partial charge is 0.245 e. The summed E-state index contributed by atoms with van der Waals surface area (Å²) in [6, 6.07) is 11.8. The van der Waals surface area contributed by atoms with Gasteiger partial charge < -0.3 is 5.32 Å². The normalized spacial score (nSPS) is 15.4. The molecular formula is C17H12N2O2S2. The molecule has 1 unspecified atom stereocenters. The lowest BCUT2D eigenvalue weighted by atomic mass is 10.0. The second kappa shape index (κ2) is 5.44. The number of Topliss-reactive ketones (excluding diaryl/α,β-unsaturated/α-hetero) is 1. The molecule has 2 heterocycles. The van der Waals surface area contributed by atoms with Crippen molar-refractivity contribution in [2.75, 3.05) is 0 Å². The molecule has 0 saturated heterocycles. The Hall–Kier alpha value is -2.23. The van der Waals surface area contributed by atoms with Gasteiger partial charge >= 0.3 is 0 Å². The molecule has 1 aromatic carbocycles. The summed E-state index contributed by atoms with van der Waals surface area (Å²) < 4.78 is 3.25. The van der Waals surface area contributed by atoms with Crippen LogP contribution in [0.15, 0.2) is 30.3 Å². The van der Waals surface area contributed by atoms with Gasteiger partial charge in [0, 0.05) is 20.8 Å². The van der Waals surface area contributed by atoms with Crippen molar-refractivity contribution < 1.29 is 9.59 Å². The Balaban J connectivity index is 1.68. The Bertz CT molecular complexity index is 975. The number of nitriles is 1. The number of hydrogen-bond acceptors (Lipinski definition) is 5. The van der Waals surface area contributed by atoms with E-state index in [1.165, 1.54) is 16.0 Å². The van der Waals surface area contributed by atoms with E-state index in [0.717, 1.165) is 27.6 Å². The van der Waals surface area contributed by atoms with Gasteiger partial charge in [-0.25, -0.2) is 0 Å². The zero-order chi connectivity index (χ0) is 16.0. The Morgan fingerprint density at radius 1 is 1.22 bits per heavy atom. The van der Waals surface area contributed by atoms with Gasteiger partial charge in [0.2, 0.25) is 5.91 Å². The van der Waals surface area contributed by atoms with Crippen LogP contribution < -0.4 is 5.32 Å². The van der Waals surface area contributed by atoms with E-state index in [2.05, 4.69) is 11.4 Å². The first-order chi connectivity index (χ1) is 11.2. The predicted octanol–water partition coefficient (Wildman–Crippen LogP) is 3.72. The summed E-state index contributed by atoms with van der Waals surface area (Å²) >= 11 is 2.99. The minimum atomic E-state index is -1.25. The van der Waals surface area contributed by atoms with Crippen LogP contribution in [0.1, 0.15) is 22.5 Å². The van der Waals surface area contributed by atoms with Gasteiger partial charge in [-0.3, -0.25) is 9.59 Å². The van der Waals surface area contributed by atoms with Gasteiger partial charge in [-0.15, -0.1) is 22.7 Å². The molecule has 4 rings (SSSR count). The van der Waals surface area contributed by atoms with Crippen molar-refractivity contribution in [1.29, 1.82) is 5.26 Å². The largest absolute Gasteiger partial charge is 0.352 e. The lowest BCUT2D eigenvalue weighted by Crippen LogP contribution is -2.35. The molecule has 23 heavy (non-hydrogen) atoms. The molecule has 0 bridgehead atoms.